The predicted molar refractivity (Wildman–Crippen MR) is 100 cm³/mol. The number of thiophene rings is 1. The number of aromatic hydroxyl groups is 1. The van der Waals surface area contributed by atoms with Gasteiger partial charge in [-0.2, -0.15) is 0 Å². The molecule has 1 aromatic heterocycles. The van der Waals surface area contributed by atoms with Gasteiger partial charge >= 0.3 is 0 Å². The highest BCUT2D eigenvalue weighted by molar-refractivity contribution is 7.91. The number of rotatable bonds is 4. The summed E-state index contributed by atoms with van der Waals surface area (Å²) in [6.45, 7) is 3.41. The van der Waals surface area contributed by atoms with Crippen molar-refractivity contribution in [2.75, 3.05) is 11.1 Å². The Kier molecular flexibility index (Phi) is 4.53. The Morgan fingerprint density at radius 3 is 2.60 bits per heavy atom. The van der Waals surface area contributed by atoms with E-state index in [9.17, 15) is 18.3 Å². The smallest absolute Gasteiger partial charge is 0.266 e. The van der Waals surface area contributed by atoms with Crippen LogP contribution in [0.2, 0.25) is 0 Å². The number of carbonyl (C=O) groups is 1. The van der Waals surface area contributed by atoms with Gasteiger partial charge in [-0.25, -0.2) is 8.42 Å². The van der Waals surface area contributed by atoms with Gasteiger partial charge in [0, 0.05) is 4.70 Å². The molecule has 0 saturated heterocycles. The number of nitrogens with one attached hydrogen (secondary N) is 1. The Hall–Kier alpha value is -2.38. The van der Waals surface area contributed by atoms with Crippen molar-refractivity contribution in [3.8, 4) is 5.75 Å². The molecule has 1 heterocycles. The Labute approximate surface area is 149 Å². The largest absolute Gasteiger partial charge is 0.506 e. The van der Waals surface area contributed by atoms with Crippen LogP contribution in [0.4, 0.5) is 5.69 Å². The molecule has 5 nitrogen and oxygen atoms in total. The van der Waals surface area contributed by atoms with Crippen molar-refractivity contribution in [3.05, 3.63) is 52.9 Å². The maximum atomic E-state index is 12.6. The molecule has 0 saturated carbocycles. The first kappa shape index (κ1) is 17.4. The number of benzene rings is 2. The fourth-order valence-electron chi connectivity index (χ4n) is 2.55. The van der Waals surface area contributed by atoms with E-state index in [1.807, 2.05) is 31.2 Å². The minimum Gasteiger partial charge on any atom is -0.506 e. The van der Waals surface area contributed by atoms with Crippen LogP contribution in [0.5, 0.6) is 5.75 Å². The standard InChI is InChI=1S/C18H17NO4S2/c1-3-25(22,23)12-8-9-15(20)14(10-12)19-18(21)17-11(2)13-6-4-5-7-16(13)24-17/h4-10,20H,3H2,1-2H3,(H,19,21). The lowest BCUT2D eigenvalue weighted by atomic mass is 10.1. The summed E-state index contributed by atoms with van der Waals surface area (Å²) in [6, 6.07) is 11.6. The van der Waals surface area contributed by atoms with Gasteiger partial charge in [-0.15, -0.1) is 11.3 Å². The number of amides is 1. The maximum absolute atomic E-state index is 12.6. The molecular weight excluding hydrogens is 358 g/mol. The number of carbonyl (C=O) groups excluding carboxylic acids is 1. The van der Waals surface area contributed by atoms with E-state index in [0.29, 0.717) is 4.88 Å². The third kappa shape index (κ3) is 3.25. The van der Waals surface area contributed by atoms with Crippen LogP contribution in [0.1, 0.15) is 22.2 Å². The third-order valence-corrected chi connectivity index (χ3v) is 7.01. The van der Waals surface area contributed by atoms with Crippen LogP contribution < -0.4 is 5.32 Å². The summed E-state index contributed by atoms with van der Waals surface area (Å²) < 4.78 is 25.0. The lowest BCUT2D eigenvalue weighted by molar-refractivity contribution is 0.102. The van der Waals surface area contributed by atoms with Crippen molar-refractivity contribution in [2.24, 2.45) is 0 Å². The summed E-state index contributed by atoms with van der Waals surface area (Å²) >= 11 is 1.36. The summed E-state index contributed by atoms with van der Waals surface area (Å²) in [5.41, 5.74) is 0.936. The molecule has 3 rings (SSSR count). The molecular formula is C18H17NO4S2. The van der Waals surface area contributed by atoms with Gasteiger partial charge in [0.2, 0.25) is 0 Å². The molecule has 0 fully saturated rings. The van der Waals surface area contributed by atoms with Gasteiger partial charge in [-0.3, -0.25) is 4.79 Å². The molecule has 2 aromatic carbocycles. The third-order valence-electron chi connectivity index (χ3n) is 4.01. The van der Waals surface area contributed by atoms with Crippen LogP contribution in [0.3, 0.4) is 0 Å². The van der Waals surface area contributed by atoms with Crippen LogP contribution in [0, 0.1) is 6.92 Å². The van der Waals surface area contributed by atoms with E-state index in [1.165, 1.54) is 29.5 Å². The number of hydrogen-bond donors (Lipinski definition) is 2. The molecule has 0 bridgehead atoms. The van der Waals surface area contributed by atoms with Gasteiger partial charge < -0.3 is 10.4 Å². The van der Waals surface area contributed by atoms with Crippen molar-refractivity contribution < 1.29 is 18.3 Å². The summed E-state index contributed by atoms with van der Waals surface area (Å²) in [5.74, 6) is -0.608. The first-order valence-corrected chi connectivity index (χ1v) is 10.2. The number of sulfone groups is 1. The van der Waals surface area contributed by atoms with Crippen LogP contribution in [0.25, 0.3) is 10.1 Å². The Balaban J connectivity index is 1.97. The summed E-state index contributed by atoms with van der Waals surface area (Å²) in [6.07, 6.45) is 0. The number of phenols is 1. The van der Waals surface area contributed by atoms with Crippen LogP contribution in [-0.4, -0.2) is 25.2 Å². The van der Waals surface area contributed by atoms with Crippen molar-refractivity contribution >= 4 is 42.9 Å². The number of aryl methyl sites for hydroxylation is 1. The van der Waals surface area contributed by atoms with Crippen LogP contribution >= 0.6 is 11.3 Å². The molecule has 25 heavy (non-hydrogen) atoms. The average Bonchev–Trinajstić information content (AvgIpc) is 2.94. The van der Waals surface area contributed by atoms with Gasteiger partial charge in [-0.1, -0.05) is 25.1 Å². The van der Waals surface area contributed by atoms with E-state index < -0.39 is 9.84 Å². The minimum absolute atomic E-state index is 0.0550. The molecule has 1 amide bonds. The minimum atomic E-state index is -3.43. The molecule has 0 radical (unpaired) electrons. The Morgan fingerprint density at radius 2 is 1.92 bits per heavy atom. The SMILES string of the molecule is CCS(=O)(=O)c1ccc(O)c(NC(=O)c2sc3ccccc3c2C)c1. The molecule has 0 unspecified atom stereocenters. The fourth-order valence-corrected chi connectivity index (χ4v) is 4.56. The van der Waals surface area contributed by atoms with Gasteiger partial charge in [0.25, 0.3) is 5.91 Å². The first-order valence-electron chi connectivity index (χ1n) is 7.68. The highest BCUT2D eigenvalue weighted by Crippen LogP contribution is 2.32. The normalized spacial score (nSPS) is 11.6. The number of anilines is 1. The summed E-state index contributed by atoms with van der Waals surface area (Å²) in [7, 11) is -3.43. The van der Waals surface area contributed by atoms with Gasteiger partial charge in [0.1, 0.15) is 5.75 Å². The van der Waals surface area contributed by atoms with E-state index in [4.69, 9.17) is 0 Å². The number of hydrogen-bond acceptors (Lipinski definition) is 5. The zero-order valence-corrected chi connectivity index (χ0v) is 15.4. The summed E-state index contributed by atoms with van der Waals surface area (Å²) in [5, 5.41) is 13.6. The van der Waals surface area contributed by atoms with E-state index in [0.717, 1.165) is 15.6 Å². The van der Waals surface area contributed by atoms with E-state index in [-0.39, 0.29) is 28.0 Å². The molecule has 0 atom stereocenters. The molecule has 3 aromatic rings. The zero-order valence-electron chi connectivity index (χ0n) is 13.7. The highest BCUT2D eigenvalue weighted by atomic mass is 32.2. The zero-order chi connectivity index (χ0) is 18.2. The second-order valence-corrected chi connectivity index (χ2v) is 8.92. The molecule has 0 aliphatic heterocycles. The molecule has 0 spiro atoms. The van der Waals surface area contributed by atoms with Gasteiger partial charge in [0.05, 0.1) is 21.2 Å². The quantitative estimate of drug-likeness (QED) is 0.676. The summed E-state index contributed by atoms with van der Waals surface area (Å²) in [4.78, 5) is 13.2. The number of phenolic OH excluding ortho intramolecular Hbond substituents is 1. The molecule has 7 heteroatoms. The van der Waals surface area contributed by atoms with E-state index >= 15 is 0 Å². The second kappa shape index (κ2) is 6.50. The Bertz CT molecular complexity index is 1070. The predicted octanol–water partition coefficient (Wildman–Crippen LogP) is 3.96. The van der Waals surface area contributed by atoms with Crippen molar-refractivity contribution in [3.63, 3.8) is 0 Å². The number of fused-ring (bicyclic) bond motifs is 1. The maximum Gasteiger partial charge on any atom is 0.266 e. The second-order valence-electron chi connectivity index (χ2n) is 5.59. The van der Waals surface area contributed by atoms with E-state index in [1.54, 1.807) is 6.92 Å². The Morgan fingerprint density at radius 1 is 1.20 bits per heavy atom. The molecule has 0 aliphatic rings. The lowest BCUT2D eigenvalue weighted by Gasteiger charge is -2.09. The molecule has 2 N–H and O–H groups in total. The van der Waals surface area contributed by atoms with Gasteiger partial charge in [0.15, 0.2) is 9.84 Å². The van der Waals surface area contributed by atoms with Crippen molar-refractivity contribution in [2.45, 2.75) is 18.7 Å². The monoisotopic (exact) mass is 375 g/mol. The van der Waals surface area contributed by atoms with Gasteiger partial charge in [-0.05, 0) is 42.1 Å². The topological polar surface area (TPSA) is 83.5 Å². The van der Waals surface area contributed by atoms with Crippen molar-refractivity contribution in [1.82, 2.24) is 0 Å². The molecule has 0 aliphatic carbocycles. The molecule has 130 valence electrons. The highest BCUT2D eigenvalue weighted by Gasteiger charge is 2.19. The first-order chi connectivity index (χ1) is 11.8. The average molecular weight is 375 g/mol. The fraction of sp³-hybridized carbons (Fsp3) is 0.167. The van der Waals surface area contributed by atoms with Crippen LogP contribution in [0.15, 0.2) is 47.4 Å². The van der Waals surface area contributed by atoms with Crippen LogP contribution in [-0.2, 0) is 9.84 Å². The lowest BCUT2D eigenvalue weighted by Crippen LogP contribution is -2.12. The van der Waals surface area contributed by atoms with Crippen molar-refractivity contribution in [1.29, 1.82) is 0 Å². The van der Waals surface area contributed by atoms with E-state index in [2.05, 4.69) is 5.32 Å².